The minimum atomic E-state index is -0.405. The molecule has 1 aromatic heterocycles. The molecule has 0 aliphatic carbocycles. The molecule has 4 rings (SSSR count). The molecule has 35 heavy (non-hydrogen) atoms. The topological polar surface area (TPSA) is 106 Å². The predicted molar refractivity (Wildman–Crippen MR) is 131 cm³/mol. The fourth-order valence-corrected chi connectivity index (χ4v) is 3.34. The molecule has 174 valence electrons. The van der Waals surface area contributed by atoms with Crippen LogP contribution < -0.4 is 19.6 Å². The first-order valence-electron chi connectivity index (χ1n) is 10.7. The summed E-state index contributed by atoms with van der Waals surface area (Å²) in [7, 11) is 1.54. The Bertz CT molecular complexity index is 1410. The number of aromatic nitrogens is 1. The van der Waals surface area contributed by atoms with Crippen molar-refractivity contribution >= 4 is 23.0 Å². The van der Waals surface area contributed by atoms with Gasteiger partial charge >= 0.3 is 0 Å². The van der Waals surface area contributed by atoms with E-state index >= 15 is 0 Å². The number of hydrogen-bond donors (Lipinski definition) is 1. The zero-order valence-electron chi connectivity index (χ0n) is 19.0. The SMILES string of the molecule is COc1cc(/C=N/NC(=O)COc2cccc3cccnc23)ccc1OCc1ccccc1C#N. The zero-order valence-corrected chi connectivity index (χ0v) is 19.0. The molecule has 3 aromatic carbocycles. The highest BCUT2D eigenvalue weighted by molar-refractivity contribution is 5.86. The lowest BCUT2D eigenvalue weighted by molar-refractivity contribution is -0.123. The lowest BCUT2D eigenvalue weighted by atomic mass is 10.1. The number of rotatable bonds is 9. The van der Waals surface area contributed by atoms with E-state index in [4.69, 9.17) is 14.2 Å². The second-order valence-corrected chi connectivity index (χ2v) is 7.38. The highest BCUT2D eigenvalue weighted by atomic mass is 16.5. The van der Waals surface area contributed by atoms with Crippen molar-refractivity contribution in [3.63, 3.8) is 0 Å². The highest BCUT2D eigenvalue weighted by Crippen LogP contribution is 2.28. The summed E-state index contributed by atoms with van der Waals surface area (Å²) in [6.07, 6.45) is 3.17. The van der Waals surface area contributed by atoms with Crippen LogP contribution in [0, 0.1) is 11.3 Å². The van der Waals surface area contributed by atoms with Crippen LogP contribution >= 0.6 is 0 Å². The average molecular weight is 466 g/mol. The molecule has 1 N–H and O–H groups in total. The smallest absolute Gasteiger partial charge is 0.277 e. The number of hydrogen-bond acceptors (Lipinski definition) is 7. The van der Waals surface area contributed by atoms with Crippen molar-refractivity contribution in [2.45, 2.75) is 6.61 Å². The summed E-state index contributed by atoms with van der Waals surface area (Å²) in [5.74, 6) is 1.15. The molecule has 0 aliphatic rings. The van der Waals surface area contributed by atoms with E-state index in [0.29, 0.717) is 33.9 Å². The fourth-order valence-electron chi connectivity index (χ4n) is 3.34. The molecule has 0 bridgehead atoms. The van der Waals surface area contributed by atoms with Crippen molar-refractivity contribution in [2.24, 2.45) is 5.10 Å². The monoisotopic (exact) mass is 466 g/mol. The Morgan fingerprint density at radius 3 is 2.74 bits per heavy atom. The first-order valence-corrected chi connectivity index (χ1v) is 10.7. The third-order valence-corrected chi connectivity index (χ3v) is 5.07. The van der Waals surface area contributed by atoms with Crippen molar-refractivity contribution in [3.8, 4) is 23.3 Å². The number of ether oxygens (including phenoxy) is 3. The molecule has 0 saturated heterocycles. The van der Waals surface area contributed by atoms with E-state index in [1.807, 2.05) is 42.5 Å². The number of carbonyl (C=O) groups is 1. The maximum atomic E-state index is 12.2. The molecular weight excluding hydrogens is 444 g/mol. The van der Waals surface area contributed by atoms with Crippen LogP contribution in [0.25, 0.3) is 10.9 Å². The van der Waals surface area contributed by atoms with Gasteiger partial charge in [0.2, 0.25) is 0 Å². The molecule has 8 nitrogen and oxygen atoms in total. The van der Waals surface area contributed by atoms with E-state index < -0.39 is 5.91 Å². The first kappa shape index (κ1) is 23.3. The molecule has 1 heterocycles. The number of methoxy groups -OCH3 is 1. The number of pyridine rings is 1. The number of amides is 1. The van der Waals surface area contributed by atoms with Crippen LogP contribution in [0.3, 0.4) is 0 Å². The van der Waals surface area contributed by atoms with Gasteiger partial charge in [0.1, 0.15) is 17.9 Å². The van der Waals surface area contributed by atoms with Crippen molar-refractivity contribution in [2.75, 3.05) is 13.7 Å². The summed E-state index contributed by atoms with van der Waals surface area (Å²) in [4.78, 5) is 16.5. The number of nitriles is 1. The lowest BCUT2D eigenvalue weighted by Gasteiger charge is -2.12. The number of para-hydroxylation sites is 1. The van der Waals surface area contributed by atoms with Gasteiger partial charge in [0.25, 0.3) is 5.91 Å². The standard InChI is InChI=1S/C27H22N4O4/c1-33-25-14-19(11-12-23(25)34-17-22-7-3-2-6-21(22)15-28)16-30-31-26(32)18-35-24-10-4-8-20-9-5-13-29-27(20)24/h2-14,16H,17-18H2,1H3,(H,31,32)/b30-16+. The van der Waals surface area contributed by atoms with E-state index in [2.05, 4.69) is 21.6 Å². The minimum Gasteiger partial charge on any atom is -0.493 e. The molecule has 0 spiro atoms. The van der Waals surface area contributed by atoms with Gasteiger partial charge < -0.3 is 14.2 Å². The highest BCUT2D eigenvalue weighted by Gasteiger charge is 2.09. The molecule has 0 fully saturated rings. The van der Waals surface area contributed by atoms with Crippen LogP contribution in [0.15, 0.2) is 84.1 Å². The third-order valence-electron chi connectivity index (χ3n) is 5.07. The Labute approximate surface area is 202 Å². The van der Waals surface area contributed by atoms with Gasteiger partial charge in [-0.25, -0.2) is 5.43 Å². The molecule has 0 aliphatic heterocycles. The maximum absolute atomic E-state index is 12.2. The van der Waals surface area contributed by atoms with Gasteiger partial charge in [-0.05, 0) is 42.0 Å². The van der Waals surface area contributed by atoms with Crippen molar-refractivity contribution in [1.29, 1.82) is 5.26 Å². The Morgan fingerprint density at radius 2 is 1.89 bits per heavy atom. The van der Waals surface area contributed by atoms with Crippen LogP contribution in [0.1, 0.15) is 16.7 Å². The number of fused-ring (bicyclic) bond motifs is 1. The Kier molecular flexibility index (Phi) is 7.51. The Morgan fingerprint density at radius 1 is 1.03 bits per heavy atom. The molecular formula is C27H22N4O4. The maximum Gasteiger partial charge on any atom is 0.277 e. The summed E-state index contributed by atoms with van der Waals surface area (Å²) in [6.45, 7) is 0.0309. The number of hydrazone groups is 1. The van der Waals surface area contributed by atoms with Gasteiger partial charge in [-0.15, -0.1) is 0 Å². The summed E-state index contributed by atoms with van der Waals surface area (Å²) in [5, 5.41) is 14.1. The summed E-state index contributed by atoms with van der Waals surface area (Å²) < 4.78 is 16.9. The summed E-state index contributed by atoms with van der Waals surface area (Å²) in [5.41, 5.74) is 5.18. The summed E-state index contributed by atoms with van der Waals surface area (Å²) in [6, 6.07) is 24.0. The average Bonchev–Trinajstić information content (AvgIpc) is 2.91. The van der Waals surface area contributed by atoms with Gasteiger partial charge in [0.05, 0.1) is 25.0 Å². The normalized spacial score (nSPS) is 10.6. The third kappa shape index (κ3) is 5.92. The van der Waals surface area contributed by atoms with Crippen LogP contribution in [-0.2, 0) is 11.4 Å². The van der Waals surface area contributed by atoms with E-state index in [-0.39, 0.29) is 13.2 Å². The molecule has 0 saturated carbocycles. The van der Waals surface area contributed by atoms with Gasteiger partial charge in [0.15, 0.2) is 18.1 Å². The van der Waals surface area contributed by atoms with Gasteiger partial charge in [-0.2, -0.15) is 10.4 Å². The quantitative estimate of drug-likeness (QED) is 0.292. The van der Waals surface area contributed by atoms with Gasteiger partial charge in [-0.3, -0.25) is 9.78 Å². The number of benzene rings is 3. The second kappa shape index (κ2) is 11.3. The molecule has 0 unspecified atom stereocenters. The Hall–Kier alpha value is -4.90. The van der Waals surface area contributed by atoms with E-state index in [1.54, 1.807) is 36.5 Å². The van der Waals surface area contributed by atoms with Crippen molar-refractivity contribution < 1.29 is 19.0 Å². The molecule has 0 radical (unpaired) electrons. The van der Waals surface area contributed by atoms with Crippen LogP contribution in [0.5, 0.6) is 17.2 Å². The summed E-state index contributed by atoms with van der Waals surface area (Å²) >= 11 is 0. The molecule has 8 heteroatoms. The Balaban J connectivity index is 1.33. The zero-order chi connectivity index (χ0) is 24.5. The van der Waals surface area contributed by atoms with Crippen LogP contribution in [0.2, 0.25) is 0 Å². The van der Waals surface area contributed by atoms with Crippen LogP contribution in [0.4, 0.5) is 0 Å². The van der Waals surface area contributed by atoms with Crippen LogP contribution in [-0.4, -0.2) is 30.8 Å². The predicted octanol–water partition coefficient (Wildman–Crippen LogP) is 4.22. The first-order chi connectivity index (χ1) is 17.2. The van der Waals surface area contributed by atoms with Gasteiger partial charge in [0, 0.05) is 17.1 Å². The number of carbonyl (C=O) groups excluding carboxylic acids is 1. The molecule has 4 aromatic rings. The lowest BCUT2D eigenvalue weighted by Crippen LogP contribution is -2.24. The second-order valence-electron chi connectivity index (χ2n) is 7.38. The van der Waals surface area contributed by atoms with Gasteiger partial charge in [-0.1, -0.05) is 36.4 Å². The van der Waals surface area contributed by atoms with Crippen molar-refractivity contribution in [3.05, 3.63) is 95.7 Å². The van der Waals surface area contributed by atoms with E-state index in [0.717, 1.165) is 10.9 Å². The van der Waals surface area contributed by atoms with E-state index in [1.165, 1.54) is 13.3 Å². The number of nitrogens with zero attached hydrogens (tertiary/aromatic N) is 3. The minimum absolute atomic E-state index is 0.201. The fraction of sp³-hybridized carbons (Fsp3) is 0.111. The largest absolute Gasteiger partial charge is 0.493 e. The van der Waals surface area contributed by atoms with E-state index in [9.17, 15) is 10.1 Å². The molecule has 1 amide bonds. The number of nitrogens with one attached hydrogen (secondary N) is 1. The molecule has 0 atom stereocenters. The van der Waals surface area contributed by atoms with Crippen molar-refractivity contribution in [1.82, 2.24) is 10.4 Å².